The highest BCUT2D eigenvalue weighted by Gasteiger charge is 2.46. The summed E-state index contributed by atoms with van der Waals surface area (Å²) >= 11 is 0. The summed E-state index contributed by atoms with van der Waals surface area (Å²) in [5.41, 5.74) is 2.05. The van der Waals surface area contributed by atoms with Gasteiger partial charge < -0.3 is 14.5 Å². The van der Waals surface area contributed by atoms with Crippen LogP contribution in [0.1, 0.15) is 32.3 Å². The van der Waals surface area contributed by atoms with E-state index in [4.69, 9.17) is 4.74 Å². The van der Waals surface area contributed by atoms with Crippen LogP contribution in [0.4, 0.5) is 0 Å². The van der Waals surface area contributed by atoms with E-state index in [-0.39, 0.29) is 24.3 Å². The van der Waals surface area contributed by atoms with Crippen LogP contribution in [-0.4, -0.2) is 66.0 Å². The first kappa shape index (κ1) is 22.9. The first-order valence-corrected chi connectivity index (χ1v) is 11.0. The second-order valence-electron chi connectivity index (χ2n) is 8.43. The number of amides is 2. The van der Waals surface area contributed by atoms with E-state index in [0.29, 0.717) is 19.6 Å². The number of nitrogens with zero attached hydrogens (tertiary/aromatic N) is 3. The number of carbonyl (C=O) groups excluding carboxylic acids is 2. The van der Waals surface area contributed by atoms with E-state index in [0.717, 1.165) is 29.5 Å². The van der Waals surface area contributed by atoms with E-state index in [1.807, 2.05) is 49.1 Å². The maximum absolute atomic E-state index is 13.3. The van der Waals surface area contributed by atoms with Crippen LogP contribution in [0.5, 0.6) is 0 Å². The van der Waals surface area contributed by atoms with E-state index in [9.17, 15) is 9.59 Å². The van der Waals surface area contributed by atoms with E-state index in [2.05, 4.69) is 11.1 Å². The van der Waals surface area contributed by atoms with Gasteiger partial charge in [0.2, 0.25) is 5.91 Å². The first-order valence-electron chi connectivity index (χ1n) is 11.0. The van der Waals surface area contributed by atoms with Gasteiger partial charge in [0.05, 0.1) is 13.2 Å². The highest BCUT2D eigenvalue weighted by Crippen LogP contribution is 2.29. The van der Waals surface area contributed by atoms with Crippen molar-refractivity contribution in [2.75, 3.05) is 33.8 Å². The Bertz CT molecular complexity index is 896. The van der Waals surface area contributed by atoms with Gasteiger partial charge in [0.15, 0.2) is 5.60 Å². The molecule has 0 aliphatic carbocycles. The van der Waals surface area contributed by atoms with Crippen molar-refractivity contribution >= 4 is 11.8 Å². The minimum atomic E-state index is -1.08. The Morgan fingerprint density at radius 2 is 1.84 bits per heavy atom. The van der Waals surface area contributed by atoms with Crippen molar-refractivity contribution in [2.24, 2.45) is 5.92 Å². The number of carbonyl (C=O) groups is 2. The molecule has 0 spiro atoms. The van der Waals surface area contributed by atoms with Gasteiger partial charge in [-0.05, 0) is 41.7 Å². The summed E-state index contributed by atoms with van der Waals surface area (Å²) in [5.74, 6) is -0.00101. The normalized spacial score (nSPS) is 18.8. The number of hydrogen-bond acceptors (Lipinski definition) is 4. The summed E-state index contributed by atoms with van der Waals surface area (Å²) in [4.78, 5) is 33.9. The summed E-state index contributed by atoms with van der Waals surface area (Å²) in [6, 6.07) is 12.1. The molecule has 0 radical (unpaired) electrons. The lowest BCUT2D eigenvalue weighted by atomic mass is 9.89. The van der Waals surface area contributed by atoms with Gasteiger partial charge in [-0.2, -0.15) is 0 Å². The quantitative estimate of drug-likeness (QED) is 0.685. The van der Waals surface area contributed by atoms with Crippen molar-refractivity contribution in [1.82, 2.24) is 14.8 Å². The zero-order chi connectivity index (χ0) is 22.4. The molecule has 2 heterocycles. The zero-order valence-electron chi connectivity index (χ0n) is 19.0. The van der Waals surface area contributed by atoms with Crippen molar-refractivity contribution in [2.45, 2.75) is 38.7 Å². The molecule has 1 aromatic heterocycles. The molecule has 31 heavy (non-hydrogen) atoms. The predicted octanol–water partition coefficient (Wildman–Crippen LogP) is 3.41. The van der Waals surface area contributed by atoms with E-state index in [1.54, 1.807) is 31.4 Å². The maximum Gasteiger partial charge on any atom is 0.256 e. The van der Waals surface area contributed by atoms with Crippen molar-refractivity contribution < 1.29 is 14.3 Å². The fourth-order valence-electron chi connectivity index (χ4n) is 4.32. The number of morpholine rings is 1. The Kier molecular flexibility index (Phi) is 7.44. The summed E-state index contributed by atoms with van der Waals surface area (Å²) in [7, 11) is 3.48. The van der Waals surface area contributed by atoms with Crippen molar-refractivity contribution in [1.29, 1.82) is 0 Å². The Balaban J connectivity index is 1.91. The molecule has 6 nitrogen and oxygen atoms in total. The van der Waals surface area contributed by atoms with Gasteiger partial charge in [0.25, 0.3) is 5.91 Å². The molecule has 2 aromatic rings. The Morgan fingerprint density at radius 3 is 2.48 bits per heavy atom. The molecular weight excluding hydrogens is 390 g/mol. The Morgan fingerprint density at radius 1 is 1.13 bits per heavy atom. The maximum atomic E-state index is 13.3. The van der Waals surface area contributed by atoms with Crippen LogP contribution in [0.2, 0.25) is 0 Å². The number of ether oxygens (including phenoxy) is 1. The van der Waals surface area contributed by atoms with Gasteiger partial charge >= 0.3 is 0 Å². The minimum absolute atomic E-state index is 0.0136. The molecule has 0 saturated carbocycles. The third kappa shape index (κ3) is 5.13. The molecule has 1 atom stereocenters. The van der Waals surface area contributed by atoms with Gasteiger partial charge in [-0.25, -0.2) is 0 Å². The average Bonchev–Trinajstić information content (AvgIpc) is 2.80. The molecule has 1 saturated heterocycles. The summed E-state index contributed by atoms with van der Waals surface area (Å²) in [6.07, 6.45) is 5.55. The third-order valence-electron chi connectivity index (χ3n) is 6.06. The summed E-state index contributed by atoms with van der Waals surface area (Å²) in [5, 5.41) is 0. The molecule has 3 rings (SSSR count). The fraction of sp³-hybridized carbons (Fsp3) is 0.480. The van der Waals surface area contributed by atoms with Crippen LogP contribution in [0, 0.1) is 5.92 Å². The van der Waals surface area contributed by atoms with Crippen molar-refractivity contribution in [3.8, 4) is 11.1 Å². The molecule has 2 amide bonds. The van der Waals surface area contributed by atoms with Crippen LogP contribution in [0.15, 0.2) is 48.8 Å². The zero-order valence-corrected chi connectivity index (χ0v) is 19.0. The lowest BCUT2D eigenvalue weighted by molar-refractivity contribution is -0.174. The van der Waals surface area contributed by atoms with E-state index >= 15 is 0 Å². The molecular formula is C25H33N3O3. The molecule has 0 unspecified atom stereocenters. The van der Waals surface area contributed by atoms with E-state index in [1.165, 1.54) is 0 Å². The Labute approximate surface area is 185 Å². The van der Waals surface area contributed by atoms with Crippen LogP contribution < -0.4 is 0 Å². The van der Waals surface area contributed by atoms with Crippen LogP contribution in [0.25, 0.3) is 11.1 Å². The van der Waals surface area contributed by atoms with Gasteiger partial charge in [-0.1, -0.05) is 38.1 Å². The fourth-order valence-corrected chi connectivity index (χ4v) is 4.32. The smallest absolute Gasteiger partial charge is 0.256 e. The number of likely N-dealkylation sites (N-methyl/N-ethyl adjacent to an activating group) is 1. The molecule has 0 bridgehead atoms. The number of pyridine rings is 1. The average molecular weight is 424 g/mol. The monoisotopic (exact) mass is 423 g/mol. The highest BCUT2D eigenvalue weighted by molar-refractivity contribution is 5.87. The summed E-state index contributed by atoms with van der Waals surface area (Å²) < 4.78 is 6.17. The van der Waals surface area contributed by atoms with Crippen LogP contribution in [-0.2, 0) is 20.7 Å². The SMILES string of the molecule is CCC(CC)C(=O)N1CCO[C@](Cc2cccc(-c3ccncc3)c2)(C(=O)N(C)C)C1. The van der Waals surface area contributed by atoms with Gasteiger partial charge in [-0.3, -0.25) is 14.6 Å². The number of hydrogen-bond donors (Lipinski definition) is 0. The van der Waals surface area contributed by atoms with Gasteiger partial charge in [-0.15, -0.1) is 0 Å². The van der Waals surface area contributed by atoms with Crippen LogP contribution in [0.3, 0.4) is 0 Å². The second kappa shape index (κ2) is 10.1. The topological polar surface area (TPSA) is 62.7 Å². The molecule has 1 aliphatic rings. The molecule has 166 valence electrons. The second-order valence-corrected chi connectivity index (χ2v) is 8.43. The van der Waals surface area contributed by atoms with Gasteiger partial charge in [0.1, 0.15) is 0 Å². The molecule has 1 fully saturated rings. The molecule has 1 aliphatic heterocycles. The largest absolute Gasteiger partial charge is 0.361 e. The first-order chi connectivity index (χ1) is 14.9. The number of benzene rings is 1. The van der Waals surface area contributed by atoms with Gasteiger partial charge in [0, 0.05) is 45.4 Å². The van der Waals surface area contributed by atoms with Crippen LogP contribution >= 0.6 is 0 Å². The van der Waals surface area contributed by atoms with Crippen molar-refractivity contribution in [3.63, 3.8) is 0 Å². The predicted molar refractivity (Wildman–Crippen MR) is 121 cm³/mol. The lowest BCUT2D eigenvalue weighted by Gasteiger charge is -2.43. The highest BCUT2D eigenvalue weighted by atomic mass is 16.5. The molecule has 6 heteroatoms. The van der Waals surface area contributed by atoms with E-state index < -0.39 is 5.60 Å². The minimum Gasteiger partial charge on any atom is -0.361 e. The Hall–Kier alpha value is -2.73. The number of rotatable bonds is 7. The lowest BCUT2D eigenvalue weighted by Crippen LogP contribution is -2.62. The van der Waals surface area contributed by atoms with Crippen molar-refractivity contribution in [3.05, 3.63) is 54.4 Å². The third-order valence-corrected chi connectivity index (χ3v) is 6.06. The number of aromatic nitrogens is 1. The standard InChI is InChI=1S/C25H33N3O3/c1-5-20(6-2)23(29)28-14-15-31-25(18-28,24(30)27(3)4)17-19-8-7-9-22(16-19)21-10-12-26-13-11-21/h7-13,16,20H,5-6,14-15,17-18H2,1-4H3/t25-/m0/s1. The molecule has 1 aromatic carbocycles. The molecule has 0 N–H and O–H groups in total. The summed E-state index contributed by atoms with van der Waals surface area (Å²) in [6.45, 7) is 5.23.